The molecular formula is C10H17NO2. The largest absolute Gasteiger partial charge is 0.469 e. The number of hydrogen-bond donors (Lipinski definition) is 1. The van der Waals surface area contributed by atoms with Gasteiger partial charge in [-0.05, 0) is 38.1 Å². The molecule has 1 unspecified atom stereocenters. The summed E-state index contributed by atoms with van der Waals surface area (Å²) in [6, 6.07) is 0.581. The first kappa shape index (κ1) is 9.00. The van der Waals surface area contributed by atoms with Crippen molar-refractivity contribution in [1.82, 2.24) is 5.32 Å². The second kappa shape index (κ2) is 3.66. The van der Waals surface area contributed by atoms with Crippen LogP contribution in [0.3, 0.4) is 0 Å². The van der Waals surface area contributed by atoms with Gasteiger partial charge in [0.15, 0.2) is 0 Å². The molecule has 0 bridgehead atoms. The highest BCUT2D eigenvalue weighted by Gasteiger charge is 2.36. The lowest BCUT2D eigenvalue weighted by Gasteiger charge is -2.29. The van der Waals surface area contributed by atoms with Gasteiger partial charge in [-0.25, -0.2) is 0 Å². The summed E-state index contributed by atoms with van der Waals surface area (Å²) in [6.45, 7) is 1.13. The average molecular weight is 183 g/mol. The minimum absolute atomic E-state index is 0.0212. The third-order valence-corrected chi connectivity index (χ3v) is 3.45. The van der Waals surface area contributed by atoms with Crippen LogP contribution in [0.1, 0.15) is 25.7 Å². The van der Waals surface area contributed by atoms with Crippen molar-refractivity contribution in [3.63, 3.8) is 0 Å². The average Bonchev–Trinajstić information content (AvgIpc) is 2.63. The smallest absolute Gasteiger partial charge is 0.308 e. The van der Waals surface area contributed by atoms with Crippen molar-refractivity contribution in [2.24, 2.45) is 11.8 Å². The van der Waals surface area contributed by atoms with Crippen LogP contribution >= 0.6 is 0 Å². The van der Waals surface area contributed by atoms with Crippen LogP contribution < -0.4 is 5.32 Å². The third kappa shape index (κ3) is 1.70. The van der Waals surface area contributed by atoms with Gasteiger partial charge in [-0.15, -0.1) is 0 Å². The number of esters is 1. The molecule has 0 aromatic heterocycles. The maximum Gasteiger partial charge on any atom is 0.308 e. The van der Waals surface area contributed by atoms with E-state index in [4.69, 9.17) is 4.74 Å². The first-order chi connectivity index (χ1) is 6.31. The minimum Gasteiger partial charge on any atom is -0.469 e. The standard InChI is InChI=1S/C10H17NO2/c1-13-10(12)8-3-2-7-4-5-11-9(7)6-8/h7-9,11H,2-6H2,1H3/t7-,8?,9-/m1/s1. The van der Waals surface area contributed by atoms with E-state index in [0.29, 0.717) is 6.04 Å². The van der Waals surface area contributed by atoms with Gasteiger partial charge in [0.25, 0.3) is 0 Å². The molecule has 74 valence electrons. The fourth-order valence-corrected chi connectivity index (χ4v) is 2.66. The quantitative estimate of drug-likeness (QED) is 0.615. The van der Waals surface area contributed by atoms with E-state index in [-0.39, 0.29) is 11.9 Å². The lowest BCUT2D eigenvalue weighted by atomic mass is 9.79. The lowest BCUT2D eigenvalue weighted by Crippen LogP contribution is -2.36. The van der Waals surface area contributed by atoms with Gasteiger partial charge >= 0.3 is 5.97 Å². The summed E-state index contributed by atoms with van der Waals surface area (Å²) in [5, 5.41) is 3.46. The number of ether oxygens (including phenoxy) is 1. The number of nitrogens with one attached hydrogen (secondary N) is 1. The number of methoxy groups -OCH3 is 1. The molecule has 0 radical (unpaired) electrons. The number of carbonyl (C=O) groups excluding carboxylic acids is 1. The predicted octanol–water partition coefficient (Wildman–Crippen LogP) is 0.938. The summed E-state index contributed by atoms with van der Waals surface area (Å²) in [7, 11) is 1.48. The molecule has 3 nitrogen and oxygen atoms in total. The Bertz CT molecular complexity index is 205. The third-order valence-electron chi connectivity index (χ3n) is 3.45. The molecule has 2 aliphatic rings. The first-order valence-electron chi connectivity index (χ1n) is 5.12. The van der Waals surface area contributed by atoms with E-state index in [9.17, 15) is 4.79 Å². The molecule has 2 fully saturated rings. The Hall–Kier alpha value is -0.570. The topological polar surface area (TPSA) is 38.3 Å². The maximum atomic E-state index is 11.3. The molecule has 3 heteroatoms. The number of hydrogen-bond acceptors (Lipinski definition) is 3. The molecule has 0 aromatic carbocycles. The van der Waals surface area contributed by atoms with Crippen LogP contribution in [0, 0.1) is 11.8 Å². The normalized spacial score (nSPS) is 38.4. The molecule has 3 atom stereocenters. The Labute approximate surface area is 78.8 Å². The summed E-state index contributed by atoms with van der Waals surface area (Å²) in [6.07, 6.45) is 4.49. The van der Waals surface area contributed by atoms with Gasteiger partial charge in [0.2, 0.25) is 0 Å². The Morgan fingerprint density at radius 3 is 3.00 bits per heavy atom. The lowest BCUT2D eigenvalue weighted by molar-refractivity contribution is -0.147. The molecule has 1 aliphatic heterocycles. The van der Waals surface area contributed by atoms with Crippen LogP contribution in [0.5, 0.6) is 0 Å². The highest BCUT2D eigenvalue weighted by atomic mass is 16.5. The predicted molar refractivity (Wildman–Crippen MR) is 49.3 cm³/mol. The van der Waals surface area contributed by atoms with E-state index >= 15 is 0 Å². The second-order valence-corrected chi connectivity index (χ2v) is 4.14. The SMILES string of the molecule is COC(=O)C1CC[C@@H]2CCN[C@@H]2C1. The molecular weight excluding hydrogens is 166 g/mol. The van der Waals surface area contributed by atoms with Gasteiger partial charge < -0.3 is 10.1 Å². The molecule has 2 rings (SSSR count). The summed E-state index contributed by atoms with van der Waals surface area (Å²) >= 11 is 0. The Morgan fingerprint density at radius 1 is 1.38 bits per heavy atom. The van der Waals surface area contributed by atoms with E-state index in [1.165, 1.54) is 20.0 Å². The summed E-state index contributed by atoms with van der Waals surface area (Å²) in [5.74, 6) is 0.949. The molecule has 0 spiro atoms. The van der Waals surface area contributed by atoms with Gasteiger partial charge in [0.05, 0.1) is 13.0 Å². The molecule has 1 heterocycles. The van der Waals surface area contributed by atoms with Gasteiger partial charge in [-0.1, -0.05) is 0 Å². The zero-order valence-corrected chi connectivity index (χ0v) is 8.08. The molecule has 0 amide bonds. The van der Waals surface area contributed by atoms with Crippen LogP contribution in [0.4, 0.5) is 0 Å². The highest BCUT2D eigenvalue weighted by molar-refractivity contribution is 5.72. The van der Waals surface area contributed by atoms with Crippen LogP contribution in [-0.4, -0.2) is 25.7 Å². The van der Waals surface area contributed by atoms with E-state index in [1.807, 2.05) is 0 Å². The van der Waals surface area contributed by atoms with Crippen molar-refractivity contribution >= 4 is 5.97 Å². The molecule has 1 aliphatic carbocycles. The first-order valence-corrected chi connectivity index (χ1v) is 5.12. The van der Waals surface area contributed by atoms with E-state index in [1.54, 1.807) is 0 Å². The zero-order chi connectivity index (χ0) is 9.26. The zero-order valence-electron chi connectivity index (χ0n) is 8.08. The summed E-state index contributed by atoms with van der Waals surface area (Å²) in [5.41, 5.74) is 0. The fourth-order valence-electron chi connectivity index (χ4n) is 2.66. The molecule has 13 heavy (non-hydrogen) atoms. The number of rotatable bonds is 1. The van der Waals surface area contributed by atoms with Gasteiger partial charge in [-0.2, -0.15) is 0 Å². The van der Waals surface area contributed by atoms with Crippen molar-refractivity contribution in [2.75, 3.05) is 13.7 Å². The van der Waals surface area contributed by atoms with Gasteiger partial charge in [0.1, 0.15) is 0 Å². The molecule has 1 N–H and O–H groups in total. The van der Waals surface area contributed by atoms with E-state index < -0.39 is 0 Å². The number of carbonyl (C=O) groups is 1. The molecule has 1 saturated heterocycles. The number of fused-ring (bicyclic) bond motifs is 1. The summed E-state index contributed by atoms with van der Waals surface area (Å²) in [4.78, 5) is 11.3. The van der Waals surface area contributed by atoms with Crippen LogP contribution in [-0.2, 0) is 9.53 Å². The van der Waals surface area contributed by atoms with Crippen molar-refractivity contribution in [3.05, 3.63) is 0 Å². The van der Waals surface area contributed by atoms with Crippen molar-refractivity contribution in [3.8, 4) is 0 Å². The van der Waals surface area contributed by atoms with Crippen molar-refractivity contribution in [1.29, 1.82) is 0 Å². The second-order valence-electron chi connectivity index (χ2n) is 4.14. The highest BCUT2D eigenvalue weighted by Crippen LogP contribution is 2.34. The monoisotopic (exact) mass is 183 g/mol. The van der Waals surface area contributed by atoms with Crippen molar-refractivity contribution in [2.45, 2.75) is 31.7 Å². The minimum atomic E-state index is -0.0212. The van der Waals surface area contributed by atoms with E-state index in [0.717, 1.165) is 25.3 Å². The van der Waals surface area contributed by atoms with E-state index in [2.05, 4.69) is 5.32 Å². The Kier molecular flexibility index (Phi) is 2.54. The Balaban J connectivity index is 1.93. The van der Waals surface area contributed by atoms with Gasteiger partial charge in [-0.3, -0.25) is 4.79 Å². The maximum absolute atomic E-state index is 11.3. The van der Waals surface area contributed by atoms with Crippen LogP contribution in [0.25, 0.3) is 0 Å². The molecule has 1 saturated carbocycles. The van der Waals surface area contributed by atoms with Crippen LogP contribution in [0.15, 0.2) is 0 Å². The molecule has 0 aromatic rings. The van der Waals surface area contributed by atoms with Crippen molar-refractivity contribution < 1.29 is 9.53 Å². The fraction of sp³-hybridized carbons (Fsp3) is 0.900. The Morgan fingerprint density at radius 2 is 2.23 bits per heavy atom. The van der Waals surface area contributed by atoms with Gasteiger partial charge in [0, 0.05) is 6.04 Å². The van der Waals surface area contributed by atoms with Crippen LogP contribution in [0.2, 0.25) is 0 Å². The summed E-state index contributed by atoms with van der Waals surface area (Å²) < 4.78 is 4.77.